The molecule has 8 heteroatoms. The van der Waals surface area contributed by atoms with E-state index in [2.05, 4.69) is 46.1 Å². The molecule has 0 amide bonds. The third-order valence-corrected chi connectivity index (χ3v) is 6.17. The minimum Gasteiger partial charge on any atom is -0.490 e. The lowest BCUT2D eigenvalue weighted by molar-refractivity contribution is 0.129. The molecule has 7 nitrogen and oxygen atoms in total. The van der Waals surface area contributed by atoms with E-state index in [0.29, 0.717) is 6.54 Å². The van der Waals surface area contributed by atoms with Crippen LogP contribution in [0.2, 0.25) is 0 Å². The van der Waals surface area contributed by atoms with Crippen LogP contribution in [-0.4, -0.2) is 79.7 Å². The summed E-state index contributed by atoms with van der Waals surface area (Å²) in [5.41, 5.74) is 1.14. The van der Waals surface area contributed by atoms with Gasteiger partial charge in [-0.3, -0.25) is 0 Å². The van der Waals surface area contributed by atoms with Crippen molar-refractivity contribution in [2.45, 2.75) is 32.4 Å². The topological polar surface area (TPSA) is 56.2 Å². The molecule has 0 aliphatic carbocycles. The predicted molar refractivity (Wildman–Crippen MR) is 146 cm³/mol. The monoisotopic (exact) mass is 564 g/mol. The third kappa shape index (κ3) is 7.46. The molecule has 1 aromatic heterocycles. The third-order valence-electron chi connectivity index (χ3n) is 6.17. The average Bonchev–Trinajstić information content (AvgIpc) is 2.84. The molecule has 3 heterocycles. The van der Waals surface area contributed by atoms with Gasteiger partial charge in [0.2, 0.25) is 0 Å². The minimum atomic E-state index is 0. The Morgan fingerprint density at radius 1 is 1.03 bits per heavy atom. The fourth-order valence-electron chi connectivity index (χ4n) is 4.20. The van der Waals surface area contributed by atoms with Crippen LogP contribution in [0, 0.1) is 0 Å². The van der Waals surface area contributed by atoms with Crippen molar-refractivity contribution in [3.05, 3.63) is 54.2 Å². The molecule has 0 unspecified atom stereocenters. The molecule has 2 aromatic rings. The number of aliphatic imine (C=N–C) groups is 1. The zero-order valence-corrected chi connectivity index (χ0v) is 22.2. The maximum Gasteiger partial charge on any atom is 0.194 e. The Morgan fingerprint density at radius 3 is 2.39 bits per heavy atom. The zero-order chi connectivity index (χ0) is 22.2. The summed E-state index contributed by atoms with van der Waals surface area (Å²) in [6.45, 7) is 9.77. The normalized spacial score (nSPS) is 18.1. The zero-order valence-electron chi connectivity index (χ0n) is 19.8. The van der Waals surface area contributed by atoms with Gasteiger partial charge in [-0.1, -0.05) is 24.3 Å². The second-order valence-electron chi connectivity index (χ2n) is 8.60. The van der Waals surface area contributed by atoms with Crippen LogP contribution in [0.5, 0.6) is 5.75 Å². The van der Waals surface area contributed by atoms with E-state index < -0.39 is 0 Å². The quantitative estimate of drug-likeness (QED) is 0.330. The van der Waals surface area contributed by atoms with Crippen molar-refractivity contribution in [3.63, 3.8) is 0 Å². The SMILES string of the molecule is CCNC(=NCc1ccc(N2CCN(C)CC2)nc1)N1CCC(Oc2ccccc2)CC1.I. The number of hydrogen-bond donors (Lipinski definition) is 1. The molecule has 180 valence electrons. The molecule has 0 radical (unpaired) electrons. The van der Waals surface area contributed by atoms with Gasteiger partial charge in [-0.05, 0) is 37.7 Å². The van der Waals surface area contributed by atoms with Crippen LogP contribution in [0.3, 0.4) is 0 Å². The van der Waals surface area contributed by atoms with Gasteiger partial charge >= 0.3 is 0 Å². The molecule has 0 atom stereocenters. The number of anilines is 1. The summed E-state index contributed by atoms with van der Waals surface area (Å²) in [6, 6.07) is 14.4. The Labute approximate surface area is 215 Å². The number of para-hydroxylation sites is 1. The molecule has 2 saturated heterocycles. The molecule has 1 N–H and O–H groups in total. The molecule has 0 spiro atoms. The lowest BCUT2D eigenvalue weighted by Crippen LogP contribution is -2.47. The average molecular weight is 565 g/mol. The van der Waals surface area contributed by atoms with E-state index in [9.17, 15) is 0 Å². The number of halogens is 1. The van der Waals surface area contributed by atoms with Crippen molar-refractivity contribution >= 4 is 35.8 Å². The van der Waals surface area contributed by atoms with E-state index in [0.717, 1.165) is 81.7 Å². The van der Waals surface area contributed by atoms with Crippen LogP contribution >= 0.6 is 24.0 Å². The van der Waals surface area contributed by atoms with Gasteiger partial charge < -0.3 is 24.8 Å². The molecule has 1 aromatic carbocycles. The minimum absolute atomic E-state index is 0. The van der Waals surface area contributed by atoms with Gasteiger partial charge in [0, 0.05) is 64.9 Å². The van der Waals surface area contributed by atoms with Gasteiger partial charge in [-0.25, -0.2) is 9.98 Å². The number of rotatable bonds is 6. The van der Waals surface area contributed by atoms with Gasteiger partial charge in [0.05, 0.1) is 6.54 Å². The first-order chi connectivity index (χ1) is 15.7. The summed E-state index contributed by atoms with van der Waals surface area (Å²) in [7, 11) is 2.17. The summed E-state index contributed by atoms with van der Waals surface area (Å²) < 4.78 is 6.14. The maximum absolute atomic E-state index is 6.14. The van der Waals surface area contributed by atoms with E-state index in [1.165, 1.54) is 0 Å². The lowest BCUT2D eigenvalue weighted by atomic mass is 10.1. The van der Waals surface area contributed by atoms with Gasteiger partial charge in [0.25, 0.3) is 0 Å². The summed E-state index contributed by atoms with van der Waals surface area (Å²) >= 11 is 0. The van der Waals surface area contributed by atoms with Crippen molar-refractivity contribution in [2.75, 3.05) is 57.8 Å². The van der Waals surface area contributed by atoms with Gasteiger partial charge in [0.1, 0.15) is 17.7 Å². The maximum atomic E-state index is 6.14. The number of nitrogens with zero attached hydrogens (tertiary/aromatic N) is 5. The van der Waals surface area contributed by atoms with E-state index in [1.54, 1.807) is 0 Å². The first kappa shape index (κ1) is 25.6. The number of benzene rings is 1. The Morgan fingerprint density at radius 2 is 1.76 bits per heavy atom. The van der Waals surface area contributed by atoms with Crippen LogP contribution in [0.15, 0.2) is 53.7 Å². The van der Waals surface area contributed by atoms with E-state index in [1.807, 2.05) is 36.5 Å². The highest BCUT2D eigenvalue weighted by molar-refractivity contribution is 14.0. The molecular formula is C25H37IN6O. The van der Waals surface area contributed by atoms with Crippen molar-refractivity contribution < 1.29 is 4.74 Å². The second-order valence-corrected chi connectivity index (χ2v) is 8.60. The Bertz CT molecular complexity index is 847. The molecule has 2 aliphatic rings. The number of likely N-dealkylation sites (N-methyl/N-ethyl adjacent to an activating group) is 1. The highest BCUT2D eigenvalue weighted by atomic mass is 127. The standard InChI is InChI=1S/C25H36N6O.HI/c1-3-26-25(31-13-11-23(12-14-31)32-22-7-5-4-6-8-22)28-20-21-9-10-24(27-19-21)30-17-15-29(2)16-18-30;/h4-10,19,23H,3,11-18,20H2,1-2H3,(H,26,28);1H. The number of likely N-dealkylation sites (tertiary alicyclic amines) is 1. The molecule has 0 bridgehead atoms. The van der Waals surface area contributed by atoms with Crippen LogP contribution in [0.1, 0.15) is 25.3 Å². The highest BCUT2D eigenvalue weighted by Gasteiger charge is 2.22. The number of nitrogens with one attached hydrogen (secondary N) is 1. The second kappa shape index (κ2) is 13.0. The van der Waals surface area contributed by atoms with Crippen LogP contribution in [-0.2, 0) is 6.54 Å². The van der Waals surface area contributed by atoms with Crippen molar-refractivity contribution in [1.82, 2.24) is 20.1 Å². The van der Waals surface area contributed by atoms with Crippen molar-refractivity contribution in [2.24, 2.45) is 4.99 Å². The summed E-state index contributed by atoms with van der Waals surface area (Å²) in [4.78, 5) is 16.7. The fourth-order valence-corrected chi connectivity index (χ4v) is 4.20. The smallest absolute Gasteiger partial charge is 0.194 e. The van der Waals surface area contributed by atoms with E-state index >= 15 is 0 Å². The van der Waals surface area contributed by atoms with Crippen LogP contribution in [0.4, 0.5) is 5.82 Å². The number of hydrogen-bond acceptors (Lipinski definition) is 5. The predicted octanol–water partition coefficient (Wildman–Crippen LogP) is 3.46. The van der Waals surface area contributed by atoms with Crippen LogP contribution < -0.4 is 15.0 Å². The van der Waals surface area contributed by atoms with Crippen LogP contribution in [0.25, 0.3) is 0 Å². The Balaban J connectivity index is 0.00000306. The molecule has 2 fully saturated rings. The van der Waals surface area contributed by atoms with E-state index in [4.69, 9.17) is 14.7 Å². The molecular weight excluding hydrogens is 527 g/mol. The molecule has 0 saturated carbocycles. The number of piperazine rings is 1. The Hall–Kier alpha value is -2.07. The fraction of sp³-hybridized carbons (Fsp3) is 0.520. The number of guanidine groups is 1. The molecule has 2 aliphatic heterocycles. The number of aromatic nitrogens is 1. The summed E-state index contributed by atoms with van der Waals surface area (Å²) in [5, 5.41) is 3.46. The highest BCUT2D eigenvalue weighted by Crippen LogP contribution is 2.19. The molecule has 33 heavy (non-hydrogen) atoms. The number of piperidine rings is 1. The number of pyridine rings is 1. The van der Waals surface area contributed by atoms with Gasteiger partial charge in [0.15, 0.2) is 5.96 Å². The largest absolute Gasteiger partial charge is 0.490 e. The first-order valence-electron chi connectivity index (χ1n) is 11.8. The Kier molecular flexibility index (Phi) is 10.1. The van der Waals surface area contributed by atoms with Gasteiger partial charge in [-0.2, -0.15) is 0 Å². The lowest BCUT2D eigenvalue weighted by Gasteiger charge is -2.34. The summed E-state index contributed by atoms with van der Waals surface area (Å²) in [6.07, 6.45) is 4.24. The molecule has 4 rings (SSSR count). The van der Waals surface area contributed by atoms with E-state index in [-0.39, 0.29) is 30.1 Å². The first-order valence-corrected chi connectivity index (χ1v) is 11.8. The van der Waals surface area contributed by atoms with Crippen molar-refractivity contribution in [1.29, 1.82) is 0 Å². The number of ether oxygens (including phenoxy) is 1. The van der Waals surface area contributed by atoms with Crippen molar-refractivity contribution in [3.8, 4) is 5.75 Å². The summed E-state index contributed by atoms with van der Waals surface area (Å²) in [5.74, 6) is 3.01. The van der Waals surface area contributed by atoms with Gasteiger partial charge in [-0.15, -0.1) is 24.0 Å².